The van der Waals surface area contributed by atoms with E-state index in [1.807, 2.05) is 0 Å². The van der Waals surface area contributed by atoms with Crippen LogP contribution in [0.4, 0.5) is 0 Å². The van der Waals surface area contributed by atoms with Crippen molar-refractivity contribution in [1.29, 1.82) is 0 Å². The van der Waals surface area contributed by atoms with Crippen LogP contribution in [-0.4, -0.2) is 36.8 Å². The van der Waals surface area contributed by atoms with Gasteiger partial charge in [-0.1, -0.05) is 0 Å². The molecule has 0 saturated carbocycles. The maximum atomic E-state index is 11.5. The van der Waals surface area contributed by atoms with Gasteiger partial charge in [0.05, 0.1) is 38.2 Å². The first-order valence-electron chi connectivity index (χ1n) is 5.88. The van der Waals surface area contributed by atoms with Gasteiger partial charge in [-0.2, -0.15) is 0 Å². The average Bonchev–Trinajstić information content (AvgIpc) is 2.82. The van der Waals surface area contributed by atoms with Gasteiger partial charge in [0.1, 0.15) is 12.4 Å². The summed E-state index contributed by atoms with van der Waals surface area (Å²) in [5.74, 6) is 1.54. The molecule has 0 aliphatic rings. The molecule has 1 aromatic carbocycles. The molecule has 1 aromatic heterocycles. The van der Waals surface area contributed by atoms with Crippen LogP contribution in [0.2, 0.25) is 0 Å². The van der Waals surface area contributed by atoms with Gasteiger partial charge in [0.15, 0.2) is 11.5 Å². The minimum atomic E-state index is -0.370. The summed E-state index contributed by atoms with van der Waals surface area (Å²) in [5, 5.41) is 0. The van der Waals surface area contributed by atoms with E-state index < -0.39 is 0 Å². The Labute approximate surface area is 121 Å². The Kier molecular flexibility index (Phi) is 4.34. The van der Waals surface area contributed by atoms with E-state index in [0.717, 1.165) is 5.52 Å². The van der Waals surface area contributed by atoms with E-state index in [0.29, 0.717) is 22.8 Å². The summed E-state index contributed by atoms with van der Waals surface area (Å²) in [4.78, 5) is 15.9. The maximum Gasteiger partial charge on any atom is 0.325 e. The Morgan fingerprint density at radius 2 is 1.90 bits per heavy atom. The van der Waals surface area contributed by atoms with Crippen LogP contribution in [0.15, 0.2) is 12.1 Å². The Bertz CT molecular complexity index is 639. The minimum absolute atomic E-state index is 0.0462. The number of rotatable bonds is 5. The van der Waals surface area contributed by atoms with Crippen LogP contribution in [-0.2, 0) is 22.0 Å². The molecule has 0 aliphatic heterocycles. The first-order valence-corrected chi connectivity index (χ1v) is 6.42. The molecular formula is C13H15ClN2O4. The molecule has 108 valence electrons. The third kappa shape index (κ3) is 2.51. The van der Waals surface area contributed by atoms with Crippen molar-refractivity contribution < 1.29 is 19.0 Å². The second kappa shape index (κ2) is 6.00. The summed E-state index contributed by atoms with van der Waals surface area (Å²) in [6.45, 7) is 0.0462. The molecule has 0 fully saturated rings. The first kappa shape index (κ1) is 14.5. The quantitative estimate of drug-likeness (QED) is 0.624. The lowest BCUT2D eigenvalue weighted by atomic mass is 10.2. The van der Waals surface area contributed by atoms with Crippen LogP contribution in [0, 0.1) is 0 Å². The molecule has 1 heterocycles. The Hall–Kier alpha value is -1.95. The predicted octanol–water partition coefficient (Wildman–Crippen LogP) is 1.97. The highest BCUT2D eigenvalue weighted by Crippen LogP contribution is 2.32. The molecule has 0 spiro atoms. The monoisotopic (exact) mass is 298 g/mol. The van der Waals surface area contributed by atoms with Crippen molar-refractivity contribution in [2.75, 3.05) is 21.3 Å². The van der Waals surface area contributed by atoms with Crippen LogP contribution in [0.1, 0.15) is 5.82 Å². The Balaban J connectivity index is 2.62. The molecule has 0 amide bonds. The van der Waals surface area contributed by atoms with Crippen molar-refractivity contribution in [2.45, 2.75) is 12.4 Å². The zero-order chi connectivity index (χ0) is 14.7. The van der Waals surface area contributed by atoms with E-state index in [9.17, 15) is 4.79 Å². The second-order valence-corrected chi connectivity index (χ2v) is 4.29. The van der Waals surface area contributed by atoms with Crippen molar-refractivity contribution in [3.63, 3.8) is 0 Å². The van der Waals surface area contributed by atoms with Crippen molar-refractivity contribution >= 4 is 28.6 Å². The molecule has 0 N–H and O–H groups in total. The largest absolute Gasteiger partial charge is 0.493 e. The number of alkyl halides is 1. The summed E-state index contributed by atoms with van der Waals surface area (Å²) in [6, 6.07) is 3.51. The lowest BCUT2D eigenvalue weighted by Crippen LogP contribution is -2.13. The fraction of sp³-hybridized carbons (Fsp3) is 0.385. The number of fused-ring (bicyclic) bond motifs is 1. The molecule has 0 bridgehead atoms. The molecule has 7 heteroatoms. The van der Waals surface area contributed by atoms with Crippen molar-refractivity contribution in [3.05, 3.63) is 18.0 Å². The van der Waals surface area contributed by atoms with Crippen LogP contribution in [0.5, 0.6) is 11.5 Å². The minimum Gasteiger partial charge on any atom is -0.493 e. The molecule has 2 aromatic rings. The highest BCUT2D eigenvalue weighted by Gasteiger charge is 2.16. The third-order valence-electron chi connectivity index (χ3n) is 2.97. The number of ether oxygens (including phenoxy) is 3. The molecule has 0 atom stereocenters. The number of aromatic nitrogens is 2. The van der Waals surface area contributed by atoms with E-state index in [4.69, 9.17) is 21.1 Å². The highest BCUT2D eigenvalue weighted by molar-refractivity contribution is 6.16. The third-order valence-corrected chi connectivity index (χ3v) is 3.21. The Morgan fingerprint density at radius 1 is 1.25 bits per heavy atom. The summed E-state index contributed by atoms with van der Waals surface area (Å²) < 4.78 is 16.9. The number of imidazole rings is 1. The number of carbonyl (C=O) groups is 1. The van der Waals surface area contributed by atoms with Crippen LogP contribution >= 0.6 is 11.6 Å². The summed E-state index contributed by atoms with van der Waals surface area (Å²) in [6.07, 6.45) is 0. The smallest absolute Gasteiger partial charge is 0.325 e. The van der Waals surface area contributed by atoms with E-state index in [-0.39, 0.29) is 18.4 Å². The molecule has 0 aliphatic carbocycles. The molecule has 20 heavy (non-hydrogen) atoms. The molecule has 0 radical (unpaired) electrons. The summed E-state index contributed by atoms with van der Waals surface area (Å²) >= 11 is 5.88. The van der Waals surface area contributed by atoms with Crippen LogP contribution in [0.25, 0.3) is 11.0 Å². The number of nitrogens with zero attached hydrogens (tertiary/aromatic N) is 2. The van der Waals surface area contributed by atoms with Gasteiger partial charge in [-0.3, -0.25) is 4.79 Å². The number of carbonyl (C=O) groups excluding carboxylic acids is 1. The standard InChI is InChI=1S/C13H15ClN2O4/c1-18-10-4-8-9(5-11(10)19-2)16(7-13(17)20-3)12(6-14)15-8/h4-5H,6-7H2,1-3H3. The second-order valence-electron chi connectivity index (χ2n) is 4.02. The number of hydrogen-bond donors (Lipinski definition) is 0. The van der Waals surface area contributed by atoms with Gasteiger partial charge < -0.3 is 18.8 Å². The topological polar surface area (TPSA) is 62.6 Å². The number of benzene rings is 1. The number of hydrogen-bond acceptors (Lipinski definition) is 5. The lowest BCUT2D eigenvalue weighted by molar-refractivity contribution is -0.141. The van der Waals surface area contributed by atoms with Gasteiger partial charge in [0.2, 0.25) is 0 Å². The first-order chi connectivity index (χ1) is 9.64. The number of halogens is 1. The summed E-state index contributed by atoms with van der Waals surface area (Å²) in [5.41, 5.74) is 1.42. The fourth-order valence-electron chi connectivity index (χ4n) is 1.97. The van der Waals surface area contributed by atoms with E-state index in [1.165, 1.54) is 7.11 Å². The molecule has 0 unspecified atom stereocenters. The van der Waals surface area contributed by atoms with Gasteiger partial charge in [0.25, 0.3) is 0 Å². The highest BCUT2D eigenvalue weighted by atomic mass is 35.5. The number of esters is 1. The predicted molar refractivity (Wildman–Crippen MR) is 74.4 cm³/mol. The van der Waals surface area contributed by atoms with Crippen LogP contribution < -0.4 is 9.47 Å². The molecule has 0 saturated heterocycles. The zero-order valence-corrected chi connectivity index (χ0v) is 12.2. The van der Waals surface area contributed by atoms with Gasteiger partial charge in [-0.25, -0.2) is 4.98 Å². The molecular weight excluding hydrogens is 284 g/mol. The van der Waals surface area contributed by atoms with Crippen LogP contribution in [0.3, 0.4) is 0 Å². The van der Waals surface area contributed by atoms with Crippen molar-refractivity contribution in [2.24, 2.45) is 0 Å². The van der Waals surface area contributed by atoms with Gasteiger partial charge in [0, 0.05) is 12.1 Å². The maximum absolute atomic E-state index is 11.5. The average molecular weight is 299 g/mol. The van der Waals surface area contributed by atoms with Gasteiger partial charge in [-0.05, 0) is 0 Å². The normalized spacial score (nSPS) is 10.6. The summed E-state index contributed by atoms with van der Waals surface area (Å²) in [7, 11) is 4.44. The Morgan fingerprint density at radius 3 is 2.45 bits per heavy atom. The van der Waals surface area contributed by atoms with E-state index in [2.05, 4.69) is 9.72 Å². The van der Waals surface area contributed by atoms with Crippen molar-refractivity contribution in [3.8, 4) is 11.5 Å². The SMILES string of the molecule is COC(=O)Cn1c(CCl)nc2cc(OC)c(OC)cc21. The lowest BCUT2D eigenvalue weighted by Gasteiger charge is -2.09. The number of methoxy groups -OCH3 is 3. The fourth-order valence-corrected chi connectivity index (χ4v) is 2.18. The van der Waals surface area contributed by atoms with E-state index in [1.54, 1.807) is 30.9 Å². The zero-order valence-electron chi connectivity index (χ0n) is 11.5. The molecule has 6 nitrogen and oxygen atoms in total. The molecule has 2 rings (SSSR count). The van der Waals surface area contributed by atoms with Crippen molar-refractivity contribution in [1.82, 2.24) is 9.55 Å². The van der Waals surface area contributed by atoms with E-state index >= 15 is 0 Å². The van der Waals surface area contributed by atoms with Gasteiger partial charge >= 0.3 is 5.97 Å². The van der Waals surface area contributed by atoms with Gasteiger partial charge in [-0.15, -0.1) is 11.6 Å².